The first-order valence-electron chi connectivity index (χ1n) is 7.85. The van der Waals surface area contributed by atoms with Crippen LogP contribution in [0.3, 0.4) is 0 Å². The van der Waals surface area contributed by atoms with Crippen LogP contribution >= 0.6 is 0 Å². The Hall–Kier alpha value is -0.380. The van der Waals surface area contributed by atoms with Gasteiger partial charge in [0.15, 0.2) is 12.6 Å². The Morgan fingerprint density at radius 2 is 1.90 bits per heavy atom. The van der Waals surface area contributed by atoms with E-state index in [0.717, 1.165) is 6.42 Å². The zero-order valence-corrected chi connectivity index (χ0v) is 13.4. The molecule has 1 heterocycles. The van der Waals surface area contributed by atoms with E-state index in [0.29, 0.717) is 17.3 Å². The molecule has 2 fully saturated rings. The van der Waals surface area contributed by atoms with Gasteiger partial charge in [0.05, 0.1) is 0 Å². The molecule has 1 saturated carbocycles. The average molecular weight is 280 g/mol. The molecule has 5 atom stereocenters. The lowest BCUT2D eigenvalue weighted by Crippen LogP contribution is -2.50. The topological polar surface area (TPSA) is 27.7 Å². The summed E-state index contributed by atoms with van der Waals surface area (Å²) in [5.41, 5.74) is 1.98. The van der Waals surface area contributed by atoms with Crippen molar-refractivity contribution in [2.45, 2.75) is 59.0 Å². The Balaban J connectivity index is 2.02. The SMILES string of the molecule is CO[C@H]1O[C@@H](OC)[C@H]2C1=CC[C@@H]1C(C)(C)CCC[C@]21C. The minimum Gasteiger partial charge on any atom is -0.355 e. The number of ether oxygens (including phenoxy) is 3. The minimum atomic E-state index is -0.215. The highest BCUT2D eigenvalue weighted by Crippen LogP contribution is 2.62. The van der Waals surface area contributed by atoms with Crippen molar-refractivity contribution >= 4 is 0 Å². The van der Waals surface area contributed by atoms with E-state index < -0.39 is 0 Å². The molecule has 0 bridgehead atoms. The highest BCUT2D eigenvalue weighted by atomic mass is 16.8. The molecule has 0 aromatic carbocycles. The average Bonchev–Trinajstić information content (AvgIpc) is 2.77. The van der Waals surface area contributed by atoms with Crippen LogP contribution in [0.1, 0.15) is 46.5 Å². The van der Waals surface area contributed by atoms with E-state index in [1.54, 1.807) is 14.2 Å². The number of hydrogen-bond acceptors (Lipinski definition) is 3. The number of allylic oxidation sites excluding steroid dienone is 1. The fourth-order valence-corrected chi connectivity index (χ4v) is 5.26. The predicted octanol–water partition coefficient (Wildman–Crippen LogP) is 3.74. The fraction of sp³-hybridized carbons (Fsp3) is 0.882. The van der Waals surface area contributed by atoms with Gasteiger partial charge in [0, 0.05) is 20.1 Å². The maximum Gasteiger partial charge on any atom is 0.183 e. The Bertz CT molecular complexity index is 414. The number of methoxy groups -OCH3 is 2. The van der Waals surface area contributed by atoms with Crippen LogP contribution in [0.4, 0.5) is 0 Å². The number of fused-ring (bicyclic) bond motifs is 3. The number of rotatable bonds is 2. The van der Waals surface area contributed by atoms with Crippen molar-refractivity contribution in [3.8, 4) is 0 Å². The van der Waals surface area contributed by atoms with Crippen molar-refractivity contribution in [1.29, 1.82) is 0 Å². The van der Waals surface area contributed by atoms with Gasteiger partial charge in [0.1, 0.15) is 0 Å². The minimum absolute atomic E-state index is 0.159. The summed E-state index contributed by atoms with van der Waals surface area (Å²) in [6.07, 6.45) is 7.04. The summed E-state index contributed by atoms with van der Waals surface area (Å²) in [5.74, 6) is 1.05. The lowest BCUT2D eigenvalue weighted by molar-refractivity contribution is -0.205. The summed E-state index contributed by atoms with van der Waals surface area (Å²) in [7, 11) is 3.47. The molecular formula is C17H28O3. The second-order valence-electron chi connectivity index (χ2n) is 7.63. The normalized spacial score (nSPS) is 46.5. The van der Waals surface area contributed by atoms with E-state index in [9.17, 15) is 0 Å². The van der Waals surface area contributed by atoms with Crippen LogP contribution in [0.2, 0.25) is 0 Å². The van der Waals surface area contributed by atoms with Crippen LogP contribution in [0.25, 0.3) is 0 Å². The van der Waals surface area contributed by atoms with Crippen molar-refractivity contribution in [1.82, 2.24) is 0 Å². The Morgan fingerprint density at radius 1 is 1.15 bits per heavy atom. The molecule has 0 unspecified atom stereocenters. The maximum absolute atomic E-state index is 5.98. The van der Waals surface area contributed by atoms with Gasteiger partial charge in [-0.15, -0.1) is 0 Å². The molecular weight excluding hydrogens is 252 g/mol. The highest BCUT2D eigenvalue weighted by molar-refractivity contribution is 5.25. The van der Waals surface area contributed by atoms with E-state index >= 15 is 0 Å². The van der Waals surface area contributed by atoms with Gasteiger partial charge in [0.25, 0.3) is 0 Å². The van der Waals surface area contributed by atoms with E-state index in [1.165, 1.54) is 24.8 Å². The Morgan fingerprint density at radius 3 is 2.55 bits per heavy atom. The summed E-state index contributed by atoms with van der Waals surface area (Å²) >= 11 is 0. The van der Waals surface area contributed by atoms with E-state index in [1.807, 2.05) is 0 Å². The largest absolute Gasteiger partial charge is 0.355 e. The van der Waals surface area contributed by atoms with E-state index in [-0.39, 0.29) is 18.0 Å². The van der Waals surface area contributed by atoms with Crippen molar-refractivity contribution in [3.63, 3.8) is 0 Å². The molecule has 3 heteroatoms. The lowest BCUT2D eigenvalue weighted by atomic mass is 9.49. The summed E-state index contributed by atoms with van der Waals surface area (Å²) in [5, 5.41) is 0. The smallest absolute Gasteiger partial charge is 0.183 e. The zero-order valence-electron chi connectivity index (χ0n) is 13.4. The lowest BCUT2D eigenvalue weighted by Gasteiger charge is -2.56. The molecule has 3 rings (SSSR count). The van der Waals surface area contributed by atoms with Crippen molar-refractivity contribution in [2.24, 2.45) is 22.7 Å². The van der Waals surface area contributed by atoms with Crippen LogP contribution in [0, 0.1) is 22.7 Å². The van der Waals surface area contributed by atoms with Gasteiger partial charge in [-0.2, -0.15) is 0 Å². The molecule has 0 radical (unpaired) electrons. The summed E-state index contributed by atoms with van der Waals surface area (Å²) in [4.78, 5) is 0. The van der Waals surface area contributed by atoms with Crippen molar-refractivity contribution < 1.29 is 14.2 Å². The number of hydrogen-bond donors (Lipinski definition) is 0. The predicted molar refractivity (Wildman–Crippen MR) is 78.1 cm³/mol. The van der Waals surface area contributed by atoms with Crippen molar-refractivity contribution in [3.05, 3.63) is 11.6 Å². The molecule has 0 spiro atoms. The van der Waals surface area contributed by atoms with Gasteiger partial charge in [-0.1, -0.05) is 33.3 Å². The molecule has 0 aromatic heterocycles. The van der Waals surface area contributed by atoms with Gasteiger partial charge < -0.3 is 14.2 Å². The zero-order chi connectivity index (χ0) is 14.5. The van der Waals surface area contributed by atoms with Gasteiger partial charge in [-0.3, -0.25) is 0 Å². The second kappa shape index (κ2) is 4.82. The first-order valence-corrected chi connectivity index (χ1v) is 7.85. The van der Waals surface area contributed by atoms with Gasteiger partial charge >= 0.3 is 0 Å². The standard InChI is InChI=1S/C17H28O3/c1-16(2)9-6-10-17(3)12(16)8-7-11-13(17)15(19-5)20-14(11)18-4/h7,12-15H,6,8-10H2,1-5H3/t12-,13-,14+,15-,17+/m1/s1. The molecule has 20 heavy (non-hydrogen) atoms. The van der Waals surface area contributed by atoms with Gasteiger partial charge in [0.2, 0.25) is 0 Å². The molecule has 3 nitrogen and oxygen atoms in total. The molecule has 114 valence electrons. The molecule has 0 N–H and O–H groups in total. The quantitative estimate of drug-likeness (QED) is 0.721. The van der Waals surface area contributed by atoms with Gasteiger partial charge in [-0.25, -0.2) is 0 Å². The third-order valence-corrected chi connectivity index (χ3v) is 6.18. The molecule has 0 aromatic rings. The van der Waals surface area contributed by atoms with Crippen LogP contribution in [0.15, 0.2) is 11.6 Å². The summed E-state index contributed by atoms with van der Waals surface area (Å²) in [6.45, 7) is 7.31. The summed E-state index contributed by atoms with van der Waals surface area (Å²) in [6, 6.07) is 0. The summed E-state index contributed by atoms with van der Waals surface area (Å²) < 4.78 is 17.1. The third kappa shape index (κ3) is 1.90. The molecule has 2 aliphatic carbocycles. The van der Waals surface area contributed by atoms with Crippen LogP contribution in [0.5, 0.6) is 0 Å². The maximum atomic E-state index is 5.98. The van der Waals surface area contributed by atoms with E-state index in [2.05, 4.69) is 26.8 Å². The highest BCUT2D eigenvalue weighted by Gasteiger charge is 2.59. The fourth-order valence-electron chi connectivity index (χ4n) is 5.26. The molecule has 0 amide bonds. The van der Waals surface area contributed by atoms with Crippen LogP contribution in [-0.4, -0.2) is 26.8 Å². The van der Waals surface area contributed by atoms with Gasteiger partial charge in [-0.05, 0) is 41.6 Å². The van der Waals surface area contributed by atoms with E-state index in [4.69, 9.17) is 14.2 Å². The monoisotopic (exact) mass is 280 g/mol. The first kappa shape index (κ1) is 14.6. The molecule has 1 aliphatic heterocycles. The Labute approximate surface area is 122 Å². The Kier molecular flexibility index (Phi) is 3.51. The molecule has 1 saturated heterocycles. The molecule has 3 aliphatic rings. The first-order chi connectivity index (χ1) is 9.44. The van der Waals surface area contributed by atoms with Crippen LogP contribution in [-0.2, 0) is 14.2 Å². The van der Waals surface area contributed by atoms with Crippen LogP contribution < -0.4 is 0 Å². The third-order valence-electron chi connectivity index (χ3n) is 6.18. The van der Waals surface area contributed by atoms with Crippen molar-refractivity contribution in [2.75, 3.05) is 14.2 Å². The second-order valence-corrected chi connectivity index (χ2v) is 7.63.